The Balaban J connectivity index is 0.897. The average Bonchev–Trinajstić information content (AvgIpc) is 3.87. The Labute approximate surface area is 367 Å². The van der Waals surface area contributed by atoms with Crippen LogP contribution in [0.4, 0.5) is 0 Å². The van der Waals surface area contributed by atoms with Crippen molar-refractivity contribution in [1.29, 1.82) is 0 Å². The molecule has 14 aromatic rings. The van der Waals surface area contributed by atoms with Crippen molar-refractivity contribution in [1.82, 2.24) is 19.1 Å². The normalized spacial score (nSPS) is 12.1. The van der Waals surface area contributed by atoms with Crippen molar-refractivity contribution in [3.63, 3.8) is 0 Å². The molecule has 0 aliphatic heterocycles. The molecule has 0 aliphatic carbocycles. The van der Waals surface area contributed by atoms with Crippen LogP contribution in [0.15, 0.2) is 218 Å². The van der Waals surface area contributed by atoms with E-state index in [-0.39, 0.29) is 0 Å². The second kappa shape index (κ2) is 13.4. The van der Waals surface area contributed by atoms with E-state index in [0.29, 0.717) is 0 Å². The molecule has 3 aromatic heterocycles. The summed E-state index contributed by atoms with van der Waals surface area (Å²) in [6.45, 7) is 0. The molecule has 0 amide bonds. The second-order valence-electron chi connectivity index (χ2n) is 17.0. The maximum Gasteiger partial charge on any atom is 0.160 e. The van der Waals surface area contributed by atoms with E-state index in [0.717, 1.165) is 44.9 Å². The molecule has 11 aromatic carbocycles. The predicted octanol–water partition coefficient (Wildman–Crippen LogP) is 15.8. The first kappa shape index (κ1) is 35.0. The molecule has 0 atom stereocenters. The standard InChI is InChI=1S/C60H36N4/c1-3-13-46-37(11-1)21-22-39-23-24-42(34-51(39)46)60-61-53-18-8-5-16-49(53)59(62-60)40-25-29-44(30-26-40)63-54-19-9-6-15-48(54)52-35-43-33-45(31-27-41(43)36-57(52)63)64-55-20-10-7-17-50(55)58-47-14-4-2-12-38(47)28-32-56(58)64/h1-36H. The Morgan fingerprint density at radius 1 is 0.281 bits per heavy atom. The molecular formula is C60H36N4. The monoisotopic (exact) mass is 812 g/mol. The van der Waals surface area contributed by atoms with E-state index >= 15 is 0 Å². The highest BCUT2D eigenvalue weighted by atomic mass is 15.0. The lowest BCUT2D eigenvalue weighted by atomic mass is 9.99. The summed E-state index contributed by atoms with van der Waals surface area (Å²) < 4.78 is 4.84. The fourth-order valence-corrected chi connectivity index (χ4v) is 10.5. The van der Waals surface area contributed by atoms with Gasteiger partial charge in [-0.3, -0.25) is 0 Å². The summed E-state index contributed by atoms with van der Waals surface area (Å²) in [7, 11) is 0. The van der Waals surface area contributed by atoms with Gasteiger partial charge < -0.3 is 9.13 Å². The van der Waals surface area contributed by atoms with Gasteiger partial charge in [-0.1, -0.05) is 152 Å². The van der Waals surface area contributed by atoms with Gasteiger partial charge in [0.15, 0.2) is 5.82 Å². The molecule has 296 valence electrons. The summed E-state index contributed by atoms with van der Waals surface area (Å²) in [6.07, 6.45) is 0. The minimum atomic E-state index is 0.719. The summed E-state index contributed by atoms with van der Waals surface area (Å²) in [5, 5.41) is 15.9. The minimum absolute atomic E-state index is 0.719. The lowest BCUT2D eigenvalue weighted by molar-refractivity contribution is 1.18. The van der Waals surface area contributed by atoms with Gasteiger partial charge in [-0.15, -0.1) is 0 Å². The quantitative estimate of drug-likeness (QED) is 0.166. The number of nitrogens with zero attached hydrogens (tertiary/aromatic N) is 4. The summed E-state index contributed by atoms with van der Waals surface area (Å²) in [6, 6.07) is 79.2. The third-order valence-corrected chi connectivity index (χ3v) is 13.4. The first-order valence-electron chi connectivity index (χ1n) is 21.9. The van der Waals surface area contributed by atoms with Gasteiger partial charge in [0.25, 0.3) is 0 Å². The van der Waals surface area contributed by atoms with Gasteiger partial charge in [0.1, 0.15) is 0 Å². The van der Waals surface area contributed by atoms with E-state index in [2.05, 4.69) is 228 Å². The second-order valence-corrected chi connectivity index (χ2v) is 17.0. The molecule has 4 nitrogen and oxygen atoms in total. The Hall–Kier alpha value is -8.60. The molecule has 0 N–H and O–H groups in total. The summed E-state index contributed by atoms with van der Waals surface area (Å²) in [5.41, 5.74) is 10.9. The lowest BCUT2D eigenvalue weighted by Gasteiger charge is -2.13. The molecule has 0 spiro atoms. The van der Waals surface area contributed by atoms with Crippen LogP contribution < -0.4 is 0 Å². The van der Waals surface area contributed by atoms with Crippen molar-refractivity contribution in [2.24, 2.45) is 0 Å². The molecule has 3 heterocycles. The Bertz CT molecular complexity index is 4250. The van der Waals surface area contributed by atoms with E-state index < -0.39 is 0 Å². The minimum Gasteiger partial charge on any atom is -0.309 e. The third kappa shape index (κ3) is 5.17. The molecule has 0 saturated carbocycles. The van der Waals surface area contributed by atoms with E-state index in [9.17, 15) is 0 Å². The van der Waals surface area contributed by atoms with Gasteiger partial charge in [0, 0.05) is 49.4 Å². The van der Waals surface area contributed by atoms with Gasteiger partial charge in [0.05, 0.1) is 33.3 Å². The van der Waals surface area contributed by atoms with Crippen LogP contribution in [0.1, 0.15) is 0 Å². The summed E-state index contributed by atoms with van der Waals surface area (Å²) >= 11 is 0. The number of benzene rings is 11. The van der Waals surface area contributed by atoms with Gasteiger partial charge in [-0.05, 0) is 110 Å². The first-order chi connectivity index (χ1) is 31.7. The molecule has 0 unspecified atom stereocenters. The molecular weight excluding hydrogens is 777 g/mol. The predicted molar refractivity (Wildman–Crippen MR) is 269 cm³/mol. The fraction of sp³-hybridized carbons (Fsp3) is 0. The zero-order chi connectivity index (χ0) is 41.9. The summed E-state index contributed by atoms with van der Waals surface area (Å²) in [4.78, 5) is 10.4. The highest BCUT2D eigenvalue weighted by Crippen LogP contribution is 2.40. The molecule has 4 heteroatoms. The molecule has 64 heavy (non-hydrogen) atoms. The Kier molecular flexibility index (Phi) is 7.36. The van der Waals surface area contributed by atoms with E-state index in [1.54, 1.807) is 0 Å². The average molecular weight is 813 g/mol. The molecule has 14 rings (SSSR count). The van der Waals surface area contributed by atoms with Crippen LogP contribution in [-0.2, 0) is 0 Å². The van der Waals surface area contributed by atoms with Crippen molar-refractivity contribution in [3.05, 3.63) is 218 Å². The smallest absolute Gasteiger partial charge is 0.160 e. The maximum atomic E-state index is 5.31. The highest BCUT2D eigenvalue weighted by Gasteiger charge is 2.18. The van der Waals surface area contributed by atoms with E-state index in [4.69, 9.17) is 9.97 Å². The fourth-order valence-electron chi connectivity index (χ4n) is 10.5. The van der Waals surface area contributed by atoms with Crippen molar-refractivity contribution in [2.45, 2.75) is 0 Å². The highest BCUT2D eigenvalue weighted by molar-refractivity contribution is 6.21. The largest absolute Gasteiger partial charge is 0.309 e. The van der Waals surface area contributed by atoms with Gasteiger partial charge in [0.2, 0.25) is 0 Å². The number of rotatable bonds is 4. The van der Waals surface area contributed by atoms with Gasteiger partial charge in [-0.2, -0.15) is 0 Å². The van der Waals surface area contributed by atoms with Crippen LogP contribution in [0.3, 0.4) is 0 Å². The number of aromatic nitrogens is 4. The molecule has 0 radical (unpaired) electrons. The zero-order valence-corrected chi connectivity index (χ0v) is 34.6. The number of fused-ring (bicyclic) bond motifs is 13. The van der Waals surface area contributed by atoms with Crippen LogP contribution in [-0.4, -0.2) is 19.1 Å². The number of hydrogen-bond donors (Lipinski definition) is 0. The summed E-state index contributed by atoms with van der Waals surface area (Å²) in [5.74, 6) is 0.719. The number of hydrogen-bond acceptors (Lipinski definition) is 2. The van der Waals surface area contributed by atoms with Crippen molar-refractivity contribution < 1.29 is 0 Å². The van der Waals surface area contributed by atoms with Crippen LogP contribution >= 0.6 is 0 Å². The topological polar surface area (TPSA) is 35.6 Å². The van der Waals surface area contributed by atoms with E-state index in [1.165, 1.54) is 86.7 Å². The Morgan fingerprint density at radius 2 is 0.859 bits per heavy atom. The zero-order valence-electron chi connectivity index (χ0n) is 34.6. The van der Waals surface area contributed by atoms with Crippen LogP contribution in [0, 0.1) is 0 Å². The molecule has 0 saturated heterocycles. The Morgan fingerprint density at radius 3 is 1.69 bits per heavy atom. The first-order valence-corrected chi connectivity index (χ1v) is 21.9. The molecule has 0 bridgehead atoms. The van der Waals surface area contributed by atoms with Crippen LogP contribution in [0.5, 0.6) is 0 Å². The van der Waals surface area contributed by atoms with E-state index in [1.807, 2.05) is 0 Å². The SMILES string of the molecule is c1ccc2c(c1)ccc1ccc(-c3nc(-c4ccc(-n5c6ccccc6c6cc7cc(-n8c9ccccc9c9c%10ccccc%10ccc98)ccc7cc65)cc4)c4ccccc4n3)cc12. The van der Waals surface area contributed by atoms with Crippen LogP contribution in [0.2, 0.25) is 0 Å². The van der Waals surface area contributed by atoms with Gasteiger partial charge >= 0.3 is 0 Å². The van der Waals surface area contributed by atoms with Crippen molar-refractivity contribution >= 4 is 97.6 Å². The maximum absolute atomic E-state index is 5.31. The van der Waals surface area contributed by atoms with Crippen molar-refractivity contribution in [3.8, 4) is 34.0 Å². The third-order valence-electron chi connectivity index (χ3n) is 13.4. The molecule has 0 aliphatic rings. The lowest BCUT2D eigenvalue weighted by Crippen LogP contribution is -1.97. The van der Waals surface area contributed by atoms with Gasteiger partial charge in [-0.25, -0.2) is 9.97 Å². The van der Waals surface area contributed by atoms with Crippen molar-refractivity contribution in [2.75, 3.05) is 0 Å². The van der Waals surface area contributed by atoms with Crippen LogP contribution in [0.25, 0.3) is 132 Å². The number of para-hydroxylation sites is 3. The molecule has 0 fully saturated rings.